The molecule has 1 aliphatic heterocycles. The average Bonchev–Trinajstić information content (AvgIpc) is 2.52. The maximum atomic E-state index is 11.7. The lowest BCUT2D eigenvalue weighted by molar-refractivity contribution is -0.156. The average molecular weight is 272 g/mol. The largest absolute Gasteiger partial charge is 0.479 e. The molecular formula is C12H20N2O5. The van der Waals surface area contributed by atoms with Gasteiger partial charge in [0, 0.05) is 13.0 Å². The van der Waals surface area contributed by atoms with Gasteiger partial charge in [-0.05, 0) is 19.8 Å². The van der Waals surface area contributed by atoms with E-state index in [1.807, 2.05) is 0 Å². The number of hydrogen-bond acceptors (Lipinski definition) is 4. The summed E-state index contributed by atoms with van der Waals surface area (Å²) in [6, 6.07) is 0. The fraction of sp³-hybridized carbons (Fsp3) is 0.750. The number of nitrogens with zero attached hydrogens (tertiary/aromatic N) is 1. The Balaban J connectivity index is 2.42. The molecule has 3 N–H and O–H groups in total. The van der Waals surface area contributed by atoms with Crippen LogP contribution in [0, 0.1) is 0 Å². The van der Waals surface area contributed by atoms with Crippen molar-refractivity contribution in [3.63, 3.8) is 0 Å². The number of nitrogens with one attached hydrogen (secondary N) is 1. The summed E-state index contributed by atoms with van der Waals surface area (Å²) in [6.07, 6.45) is 3.12. The van der Waals surface area contributed by atoms with Crippen molar-refractivity contribution in [3.05, 3.63) is 0 Å². The van der Waals surface area contributed by atoms with E-state index in [4.69, 9.17) is 5.11 Å². The number of carboxylic acid groups (broad SMARTS) is 1. The molecular weight excluding hydrogens is 252 g/mol. The van der Waals surface area contributed by atoms with Crippen LogP contribution in [-0.2, 0) is 14.4 Å². The highest BCUT2D eigenvalue weighted by atomic mass is 16.4. The zero-order valence-electron chi connectivity index (χ0n) is 11.0. The van der Waals surface area contributed by atoms with E-state index in [1.54, 1.807) is 0 Å². The van der Waals surface area contributed by atoms with Crippen LogP contribution in [0.3, 0.4) is 0 Å². The van der Waals surface area contributed by atoms with Gasteiger partial charge in [0.25, 0.3) is 0 Å². The Kier molecular flexibility index (Phi) is 5.29. The van der Waals surface area contributed by atoms with Gasteiger partial charge in [0.15, 0.2) is 5.60 Å². The minimum Gasteiger partial charge on any atom is -0.479 e. The standard InChI is InChI=1S/C12H20N2O5/c1-12(19,11(17)18)8-13-9(15)7-14-6-4-2-3-5-10(14)16/h19H,2-8H2,1H3,(H,13,15)(H,17,18). The number of carbonyl (C=O) groups is 3. The molecule has 1 fully saturated rings. The predicted molar refractivity (Wildman–Crippen MR) is 66.3 cm³/mol. The molecule has 0 aliphatic carbocycles. The summed E-state index contributed by atoms with van der Waals surface area (Å²) in [5.41, 5.74) is -2.00. The quantitative estimate of drug-likeness (QED) is 0.616. The first kappa shape index (κ1) is 15.4. The lowest BCUT2D eigenvalue weighted by atomic mass is 10.1. The lowest BCUT2D eigenvalue weighted by Gasteiger charge is -2.22. The van der Waals surface area contributed by atoms with Crippen LogP contribution >= 0.6 is 0 Å². The number of hydrogen-bond donors (Lipinski definition) is 3. The third-order valence-electron chi connectivity index (χ3n) is 3.10. The van der Waals surface area contributed by atoms with E-state index in [0.29, 0.717) is 13.0 Å². The summed E-state index contributed by atoms with van der Waals surface area (Å²) in [4.78, 5) is 35.4. The third-order valence-corrected chi connectivity index (χ3v) is 3.10. The molecule has 2 amide bonds. The normalized spacial score (nSPS) is 19.5. The highest BCUT2D eigenvalue weighted by Gasteiger charge is 2.30. The molecule has 108 valence electrons. The first-order chi connectivity index (χ1) is 8.83. The molecule has 1 saturated heterocycles. The van der Waals surface area contributed by atoms with E-state index in [1.165, 1.54) is 4.90 Å². The van der Waals surface area contributed by atoms with Gasteiger partial charge in [0.05, 0.1) is 13.1 Å². The molecule has 1 aliphatic rings. The molecule has 0 aromatic rings. The van der Waals surface area contributed by atoms with E-state index in [9.17, 15) is 19.5 Å². The highest BCUT2D eigenvalue weighted by molar-refractivity contribution is 5.85. The van der Waals surface area contributed by atoms with Crippen molar-refractivity contribution in [1.82, 2.24) is 10.2 Å². The lowest BCUT2D eigenvalue weighted by Crippen LogP contribution is -2.49. The SMILES string of the molecule is CC(O)(CNC(=O)CN1CCCCCC1=O)C(=O)O. The molecule has 19 heavy (non-hydrogen) atoms. The second-order valence-electron chi connectivity index (χ2n) is 4.98. The Morgan fingerprint density at radius 1 is 1.37 bits per heavy atom. The van der Waals surface area contributed by atoms with Crippen molar-refractivity contribution < 1.29 is 24.6 Å². The molecule has 1 atom stereocenters. The van der Waals surface area contributed by atoms with Gasteiger partial charge in [-0.3, -0.25) is 9.59 Å². The topological polar surface area (TPSA) is 107 Å². The smallest absolute Gasteiger partial charge is 0.337 e. The van der Waals surface area contributed by atoms with Gasteiger partial charge in [-0.25, -0.2) is 4.79 Å². The van der Waals surface area contributed by atoms with E-state index < -0.39 is 17.5 Å². The molecule has 1 heterocycles. The molecule has 7 nitrogen and oxygen atoms in total. The Labute approximate surface area is 111 Å². The maximum absolute atomic E-state index is 11.7. The van der Waals surface area contributed by atoms with Gasteiger partial charge in [0.1, 0.15) is 0 Å². The molecule has 0 bridgehead atoms. The summed E-state index contributed by atoms with van der Waals surface area (Å²) >= 11 is 0. The number of rotatable bonds is 5. The highest BCUT2D eigenvalue weighted by Crippen LogP contribution is 2.10. The Hall–Kier alpha value is -1.63. The van der Waals surface area contributed by atoms with Crippen molar-refractivity contribution in [1.29, 1.82) is 0 Å². The van der Waals surface area contributed by atoms with E-state index in [-0.39, 0.29) is 19.0 Å². The summed E-state index contributed by atoms with van der Waals surface area (Å²) in [7, 11) is 0. The molecule has 1 rings (SSSR count). The van der Waals surface area contributed by atoms with E-state index in [2.05, 4.69) is 5.32 Å². The number of carboxylic acids is 1. The Morgan fingerprint density at radius 3 is 2.68 bits per heavy atom. The van der Waals surface area contributed by atoms with Gasteiger partial charge >= 0.3 is 5.97 Å². The second-order valence-corrected chi connectivity index (χ2v) is 4.98. The monoisotopic (exact) mass is 272 g/mol. The zero-order valence-corrected chi connectivity index (χ0v) is 11.0. The zero-order chi connectivity index (χ0) is 14.5. The maximum Gasteiger partial charge on any atom is 0.337 e. The van der Waals surface area contributed by atoms with E-state index in [0.717, 1.165) is 26.2 Å². The molecule has 7 heteroatoms. The number of aliphatic carboxylic acids is 1. The molecule has 0 spiro atoms. The minimum atomic E-state index is -2.00. The van der Waals surface area contributed by atoms with Crippen molar-refractivity contribution in [2.75, 3.05) is 19.6 Å². The number of likely N-dealkylation sites (tertiary alicyclic amines) is 1. The third kappa shape index (κ3) is 4.86. The van der Waals surface area contributed by atoms with E-state index >= 15 is 0 Å². The van der Waals surface area contributed by atoms with Crippen molar-refractivity contribution >= 4 is 17.8 Å². The summed E-state index contributed by atoms with van der Waals surface area (Å²) in [5, 5.41) is 20.5. The van der Waals surface area contributed by atoms with Crippen LogP contribution in [0.2, 0.25) is 0 Å². The van der Waals surface area contributed by atoms with Crippen molar-refractivity contribution in [3.8, 4) is 0 Å². The fourth-order valence-electron chi connectivity index (χ4n) is 1.78. The van der Waals surface area contributed by atoms with Crippen LogP contribution in [0.5, 0.6) is 0 Å². The molecule has 1 unspecified atom stereocenters. The van der Waals surface area contributed by atoms with Crippen LogP contribution < -0.4 is 5.32 Å². The molecule has 0 aromatic heterocycles. The molecule has 0 aromatic carbocycles. The van der Waals surface area contributed by atoms with Crippen molar-refractivity contribution in [2.24, 2.45) is 0 Å². The van der Waals surface area contributed by atoms with Crippen LogP contribution in [0.4, 0.5) is 0 Å². The van der Waals surface area contributed by atoms with Gasteiger partial charge in [-0.1, -0.05) is 6.42 Å². The minimum absolute atomic E-state index is 0.0577. The Morgan fingerprint density at radius 2 is 2.05 bits per heavy atom. The second kappa shape index (κ2) is 6.51. The van der Waals surface area contributed by atoms with Gasteiger partial charge < -0.3 is 20.4 Å². The summed E-state index contributed by atoms with van der Waals surface area (Å²) < 4.78 is 0. The number of carbonyl (C=O) groups excluding carboxylic acids is 2. The first-order valence-electron chi connectivity index (χ1n) is 6.33. The van der Waals surface area contributed by atoms with Crippen LogP contribution in [-0.4, -0.2) is 58.1 Å². The molecule has 0 radical (unpaired) electrons. The Bertz CT molecular complexity index is 367. The van der Waals surface area contributed by atoms with Crippen LogP contribution in [0.15, 0.2) is 0 Å². The first-order valence-corrected chi connectivity index (χ1v) is 6.33. The summed E-state index contributed by atoms with van der Waals surface area (Å²) in [5.74, 6) is -1.92. The predicted octanol–water partition coefficient (Wildman–Crippen LogP) is -0.659. The molecule has 0 saturated carbocycles. The fourth-order valence-corrected chi connectivity index (χ4v) is 1.78. The van der Waals surface area contributed by atoms with Gasteiger partial charge in [-0.15, -0.1) is 0 Å². The summed E-state index contributed by atoms with van der Waals surface area (Å²) in [6.45, 7) is 1.17. The number of amides is 2. The van der Waals surface area contributed by atoms with Crippen LogP contribution in [0.1, 0.15) is 32.6 Å². The van der Waals surface area contributed by atoms with Crippen LogP contribution in [0.25, 0.3) is 0 Å². The number of aliphatic hydroxyl groups is 1. The van der Waals surface area contributed by atoms with Gasteiger partial charge in [0.2, 0.25) is 11.8 Å². The van der Waals surface area contributed by atoms with Crippen molar-refractivity contribution in [2.45, 2.75) is 38.2 Å². The van der Waals surface area contributed by atoms with Gasteiger partial charge in [-0.2, -0.15) is 0 Å².